The van der Waals surface area contributed by atoms with Gasteiger partial charge >= 0.3 is 12.1 Å². The van der Waals surface area contributed by atoms with E-state index in [1.54, 1.807) is 0 Å². The number of methoxy groups -OCH3 is 1. The number of nitrogens with one attached hydrogen (secondary N) is 1. The highest BCUT2D eigenvalue weighted by Gasteiger charge is 2.36. The summed E-state index contributed by atoms with van der Waals surface area (Å²) in [6, 6.07) is 17.3. The Balaban J connectivity index is 1.69. The van der Waals surface area contributed by atoms with E-state index in [1.165, 1.54) is 12.0 Å². The molecule has 0 saturated carbocycles. The van der Waals surface area contributed by atoms with Gasteiger partial charge in [0.15, 0.2) is 0 Å². The molecule has 1 fully saturated rings. The molecule has 0 aliphatic carbocycles. The molecule has 1 N–H and O–H groups in total. The fourth-order valence-electron chi connectivity index (χ4n) is 3.52. The van der Waals surface area contributed by atoms with Gasteiger partial charge < -0.3 is 14.8 Å². The molecular formula is C23H26N2O5. The average Bonchev–Trinajstić information content (AvgIpc) is 3.28. The molecule has 0 bridgehead atoms. The maximum absolute atomic E-state index is 12.9. The van der Waals surface area contributed by atoms with Crippen LogP contribution in [0.25, 0.3) is 0 Å². The molecular weight excluding hydrogens is 384 g/mol. The SMILES string of the molecule is COC(=O)N1CCCC1C(=O)NC(Cc1ccccc1)C(=O)OCc1ccccc1. The van der Waals surface area contributed by atoms with Crippen LogP contribution in [-0.2, 0) is 32.1 Å². The zero-order valence-corrected chi connectivity index (χ0v) is 17.0. The molecule has 2 aromatic rings. The Morgan fingerprint density at radius 3 is 2.30 bits per heavy atom. The minimum atomic E-state index is -0.858. The zero-order valence-electron chi connectivity index (χ0n) is 17.0. The fourth-order valence-corrected chi connectivity index (χ4v) is 3.52. The number of carbonyl (C=O) groups excluding carboxylic acids is 3. The Bertz CT molecular complexity index is 856. The number of benzene rings is 2. The second-order valence-corrected chi connectivity index (χ2v) is 7.17. The summed E-state index contributed by atoms with van der Waals surface area (Å²) in [4.78, 5) is 39.0. The summed E-state index contributed by atoms with van der Waals surface area (Å²) in [5, 5.41) is 2.79. The Morgan fingerprint density at radius 1 is 1.03 bits per heavy atom. The van der Waals surface area contributed by atoms with Gasteiger partial charge in [0.2, 0.25) is 5.91 Å². The molecule has 3 rings (SSSR count). The van der Waals surface area contributed by atoms with Crippen LogP contribution < -0.4 is 5.32 Å². The summed E-state index contributed by atoms with van der Waals surface area (Å²) in [5.41, 5.74) is 1.76. The quantitative estimate of drug-likeness (QED) is 0.710. The third-order valence-electron chi connectivity index (χ3n) is 5.07. The van der Waals surface area contributed by atoms with Gasteiger partial charge in [0.1, 0.15) is 18.7 Å². The van der Waals surface area contributed by atoms with Gasteiger partial charge in [-0.1, -0.05) is 60.7 Å². The van der Waals surface area contributed by atoms with Gasteiger partial charge in [-0.3, -0.25) is 9.69 Å². The van der Waals surface area contributed by atoms with Crippen molar-refractivity contribution in [2.24, 2.45) is 0 Å². The van der Waals surface area contributed by atoms with E-state index < -0.39 is 24.1 Å². The smallest absolute Gasteiger partial charge is 0.410 e. The number of rotatable bonds is 7. The summed E-state index contributed by atoms with van der Waals surface area (Å²) in [6.45, 7) is 0.575. The van der Waals surface area contributed by atoms with Crippen LogP contribution in [0.1, 0.15) is 24.0 Å². The van der Waals surface area contributed by atoms with Crippen molar-refractivity contribution in [1.29, 1.82) is 0 Å². The largest absolute Gasteiger partial charge is 0.459 e. The molecule has 2 aromatic carbocycles. The molecule has 0 aromatic heterocycles. The molecule has 1 aliphatic heterocycles. The van der Waals surface area contributed by atoms with E-state index >= 15 is 0 Å². The lowest BCUT2D eigenvalue weighted by atomic mass is 10.1. The van der Waals surface area contributed by atoms with Gasteiger partial charge in [-0.25, -0.2) is 9.59 Å². The van der Waals surface area contributed by atoms with Crippen molar-refractivity contribution in [2.75, 3.05) is 13.7 Å². The Kier molecular flexibility index (Phi) is 7.43. The standard InChI is InChI=1S/C23H26N2O5/c1-29-23(28)25-14-8-13-20(25)21(26)24-19(15-17-9-4-2-5-10-17)22(27)30-16-18-11-6-3-7-12-18/h2-7,9-12,19-20H,8,13-16H2,1H3,(H,24,26). The lowest BCUT2D eigenvalue weighted by Crippen LogP contribution is -2.51. The molecule has 0 spiro atoms. The first-order valence-corrected chi connectivity index (χ1v) is 9.98. The van der Waals surface area contributed by atoms with E-state index in [9.17, 15) is 14.4 Å². The third kappa shape index (κ3) is 5.59. The summed E-state index contributed by atoms with van der Waals surface area (Å²) < 4.78 is 10.2. The fraction of sp³-hybridized carbons (Fsp3) is 0.348. The van der Waals surface area contributed by atoms with Crippen LogP contribution in [0.5, 0.6) is 0 Å². The Hall–Kier alpha value is -3.35. The number of amides is 2. The van der Waals surface area contributed by atoms with E-state index in [1.807, 2.05) is 60.7 Å². The lowest BCUT2D eigenvalue weighted by molar-refractivity contribution is -0.149. The summed E-state index contributed by atoms with van der Waals surface area (Å²) >= 11 is 0. The molecule has 1 heterocycles. The van der Waals surface area contributed by atoms with Gasteiger partial charge in [0, 0.05) is 13.0 Å². The maximum Gasteiger partial charge on any atom is 0.410 e. The number of esters is 1. The summed E-state index contributed by atoms with van der Waals surface area (Å²) in [7, 11) is 1.29. The van der Waals surface area contributed by atoms with Crippen molar-refractivity contribution in [3.05, 3.63) is 71.8 Å². The molecule has 2 atom stereocenters. The normalized spacial score (nSPS) is 16.6. The number of ether oxygens (including phenoxy) is 2. The second kappa shape index (κ2) is 10.4. The van der Waals surface area contributed by atoms with Crippen molar-refractivity contribution >= 4 is 18.0 Å². The first kappa shape index (κ1) is 21.4. The molecule has 2 amide bonds. The van der Waals surface area contributed by atoms with Crippen LogP contribution in [0.3, 0.4) is 0 Å². The number of hydrogen-bond donors (Lipinski definition) is 1. The lowest BCUT2D eigenvalue weighted by Gasteiger charge is -2.25. The van der Waals surface area contributed by atoms with E-state index in [-0.39, 0.29) is 12.5 Å². The van der Waals surface area contributed by atoms with Gasteiger partial charge in [0.25, 0.3) is 0 Å². The van der Waals surface area contributed by atoms with Crippen molar-refractivity contribution < 1.29 is 23.9 Å². The molecule has 158 valence electrons. The van der Waals surface area contributed by atoms with Crippen LogP contribution in [0.2, 0.25) is 0 Å². The van der Waals surface area contributed by atoms with Gasteiger partial charge in [-0.05, 0) is 24.0 Å². The zero-order chi connectivity index (χ0) is 21.3. The third-order valence-corrected chi connectivity index (χ3v) is 5.07. The Labute approximate surface area is 176 Å². The minimum absolute atomic E-state index is 0.124. The monoisotopic (exact) mass is 410 g/mol. The molecule has 2 unspecified atom stereocenters. The van der Waals surface area contributed by atoms with Gasteiger partial charge in [-0.2, -0.15) is 0 Å². The average molecular weight is 410 g/mol. The van der Waals surface area contributed by atoms with Gasteiger partial charge in [-0.15, -0.1) is 0 Å². The van der Waals surface area contributed by atoms with E-state index in [2.05, 4.69) is 5.32 Å². The van der Waals surface area contributed by atoms with Crippen LogP contribution in [-0.4, -0.2) is 48.6 Å². The predicted molar refractivity (Wildman–Crippen MR) is 110 cm³/mol. The highest BCUT2D eigenvalue weighted by Crippen LogP contribution is 2.19. The van der Waals surface area contributed by atoms with E-state index in [0.717, 1.165) is 11.1 Å². The van der Waals surface area contributed by atoms with E-state index in [4.69, 9.17) is 9.47 Å². The molecule has 0 radical (unpaired) electrons. The molecule has 1 aliphatic rings. The summed E-state index contributed by atoms with van der Waals surface area (Å²) in [6.07, 6.45) is 0.983. The van der Waals surface area contributed by atoms with Crippen LogP contribution in [0, 0.1) is 0 Å². The second-order valence-electron chi connectivity index (χ2n) is 7.17. The highest BCUT2D eigenvalue weighted by atomic mass is 16.5. The van der Waals surface area contributed by atoms with Crippen molar-refractivity contribution in [3.8, 4) is 0 Å². The highest BCUT2D eigenvalue weighted by molar-refractivity contribution is 5.90. The predicted octanol–water partition coefficient (Wildman–Crippen LogP) is 2.69. The van der Waals surface area contributed by atoms with E-state index in [0.29, 0.717) is 25.8 Å². The summed E-state index contributed by atoms with van der Waals surface area (Å²) in [5.74, 6) is -0.894. The minimum Gasteiger partial charge on any atom is -0.459 e. The number of likely N-dealkylation sites (tertiary alicyclic amines) is 1. The topological polar surface area (TPSA) is 84.9 Å². The van der Waals surface area contributed by atoms with Gasteiger partial charge in [0.05, 0.1) is 7.11 Å². The molecule has 7 nitrogen and oxygen atoms in total. The molecule has 1 saturated heterocycles. The van der Waals surface area contributed by atoms with Crippen LogP contribution >= 0.6 is 0 Å². The first-order valence-electron chi connectivity index (χ1n) is 9.98. The van der Waals surface area contributed by atoms with Crippen molar-refractivity contribution in [2.45, 2.75) is 38.0 Å². The molecule has 7 heteroatoms. The first-order chi connectivity index (χ1) is 14.6. The number of carbonyl (C=O) groups is 3. The number of hydrogen-bond acceptors (Lipinski definition) is 5. The van der Waals surface area contributed by atoms with Crippen molar-refractivity contribution in [3.63, 3.8) is 0 Å². The maximum atomic E-state index is 12.9. The number of nitrogens with zero attached hydrogens (tertiary/aromatic N) is 1. The molecule has 30 heavy (non-hydrogen) atoms. The Morgan fingerprint density at radius 2 is 1.67 bits per heavy atom. The van der Waals surface area contributed by atoms with Crippen LogP contribution in [0.4, 0.5) is 4.79 Å². The van der Waals surface area contributed by atoms with Crippen LogP contribution in [0.15, 0.2) is 60.7 Å². The van der Waals surface area contributed by atoms with Crippen molar-refractivity contribution in [1.82, 2.24) is 10.2 Å².